The number of aliphatic hydroxyl groups is 5. The first kappa shape index (κ1) is 61.7. The van der Waals surface area contributed by atoms with Gasteiger partial charge in [-0.2, -0.15) is 0 Å². The zero-order valence-electron chi connectivity index (χ0n) is 39.2. The molecule has 382 valence electrons. The van der Waals surface area contributed by atoms with Gasteiger partial charge < -0.3 is 49.7 Å². The van der Waals surface area contributed by atoms with E-state index in [-0.39, 0.29) is 12.8 Å². The van der Waals surface area contributed by atoms with Crippen LogP contribution in [0.15, 0.2) is 60.8 Å². The average Bonchev–Trinajstić information content (AvgIpc) is 3.27. The van der Waals surface area contributed by atoms with Crippen LogP contribution in [0.1, 0.15) is 162 Å². The van der Waals surface area contributed by atoms with Crippen LogP contribution in [0.2, 0.25) is 0 Å². The molecule has 0 heterocycles. The number of ether oxygens (including phenoxy) is 2. The molecule has 0 aromatic rings. The quantitative estimate of drug-likeness (QED) is 0.00951. The van der Waals surface area contributed by atoms with E-state index >= 15 is 0 Å². The Hall–Kier alpha value is -2.34. The summed E-state index contributed by atoms with van der Waals surface area (Å²) in [5.74, 6) is -1.29. The minimum absolute atomic E-state index is 0.0487. The Kier molecular flexibility index (Phi) is 35.1. The maximum Gasteiger partial charge on any atom is 0.472 e. The first-order valence-corrected chi connectivity index (χ1v) is 27.0. The largest absolute Gasteiger partial charge is 0.472 e. The van der Waals surface area contributed by atoms with Crippen LogP contribution in [0.25, 0.3) is 0 Å². The minimum atomic E-state index is -5.38. The lowest BCUT2D eigenvalue weighted by Crippen LogP contribution is -2.64. The number of esters is 2. The highest BCUT2D eigenvalue weighted by molar-refractivity contribution is 7.47. The summed E-state index contributed by atoms with van der Waals surface area (Å²) >= 11 is 0. The van der Waals surface area contributed by atoms with Crippen molar-refractivity contribution in [3.63, 3.8) is 0 Å². The zero-order chi connectivity index (χ0) is 49.1. The normalized spacial score (nSPS) is 22.5. The van der Waals surface area contributed by atoms with Crippen LogP contribution in [-0.4, -0.2) is 114 Å². The number of hydrogen-bond donors (Lipinski definition) is 8. The van der Waals surface area contributed by atoms with E-state index in [4.69, 9.17) is 18.5 Å². The average molecular weight is 981 g/mol. The van der Waals surface area contributed by atoms with Gasteiger partial charge in [0.25, 0.3) is 0 Å². The molecule has 0 amide bonds. The number of phosphoric ester groups is 2. The summed E-state index contributed by atoms with van der Waals surface area (Å²) in [6.07, 6.45) is 25.6. The van der Waals surface area contributed by atoms with E-state index in [9.17, 15) is 58.9 Å². The van der Waals surface area contributed by atoms with Crippen LogP contribution in [-0.2, 0) is 41.8 Å². The van der Waals surface area contributed by atoms with Crippen LogP contribution in [0.5, 0.6) is 0 Å². The molecule has 9 atom stereocenters. The number of aliphatic hydroxyl groups excluding tert-OH is 5. The molecule has 0 spiro atoms. The van der Waals surface area contributed by atoms with Gasteiger partial charge in [-0.15, -0.1) is 0 Å². The molecule has 1 saturated carbocycles. The fourth-order valence-corrected chi connectivity index (χ4v) is 8.43. The molecule has 17 nitrogen and oxygen atoms in total. The number of carbonyl (C=O) groups is 2. The van der Waals surface area contributed by atoms with E-state index < -0.39 is 89.6 Å². The maximum absolute atomic E-state index is 13.0. The van der Waals surface area contributed by atoms with Crippen LogP contribution in [0, 0.1) is 0 Å². The van der Waals surface area contributed by atoms with Gasteiger partial charge >= 0.3 is 27.6 Å². The van der Waals surface area contributed by atoms with E-state index in [1.165, 1.54) is 64.2 Å². The predicted molar refractivity (Wildman–Crippen MR) is 252 cm³/mol. The van der Waals surface area contributed by atoms with Crippen molar-refractivity contribution in [2.45, 2.75) is 210 Å². The van der Waals surface area contributed by atoms with Crippen molar-refractivity contribution >= 4 is 27.6 Å². The molecule has 0 aromatic heterocycles. The van der Waals surface area contributed by atoms with Crippen molar-refractivity contribution in [2.24, 2.45) is 0 Å². The highest BCUT2D eigenvalue weighted by Crippen LogP contribution is 2.49. The Morgan fingerprint density at radius 3 is 1.58 bits per heavy atom. The maximum atomic E-state index is 13.0. The molecular formula is C47H82O17P2. The molecule has 0 aromatic carbocycles. The number of allylic oxidation sites excluding steroid dienone is 9. The van der Waals surface area contributed by atoms with Crippen molar-refractivity contribution in [2.75, 3.05) is 13.2 Å². The molecule has 1 fully saturated rings. The molecule has 19 heteroatoms. The smallest absolute Gasteiger partial charge is 0.462 e. The van der Waals surface area contributed by atoms with Crippen molar-refractivity contribution in [3.8, 4) is 0 Å². The number of carbonyl (C=O) groups excluding carboxylic acids is 2. The molecule has 0 radical (unpaired) electrons. The number of unbranched alkanes of at least 4 members (excludes halogenated alkanes) is 15. The lowest BCUT2D eigenvalue weighted by molar-refractivity contribution is -0.216. The fourth-order valence-electron chi connectivity index (χ4n) is 6.90. The Morgan fingerprint density at radius 1 is 0.561 bits per heavy atom. The van der Waals surface area contributed by atoms with Gasteiger partial charge in [0.15, 0.2) is 6.10 Å². The molecule has 1 aliphatic carbocycles. The summed E-state index contributed by atoms with van der Waals surface area (Å²) in [5, 5.41) is 50.7. The summed E-state index contributed by atoms with van der Waals surface area (Å²) in [4.78, 5) is 54.3. The van der Waals surface area contributed by atoms with Gasteiger partial charge in [-0.1, -0.05) is 164 Å². The summed E-state index contributed by atoms with van der Waals surface area (Å²) in [5.41, 5.74) is 0. The standard InChI is InChI=1S/C47H82O17P2/c1-3-5-6-7-8-9-10-11-12-16-19-22-25-28-31-34-40(49)60-36-39(37-61-66(58,59)64-47-44(53)42(51)43(52)46(45(47)54)63-65(55,56)57)62-41(50)35-32-29-26-23-20-17-14-13-15-18-21-24-27-30-33-38(48)4-2/h14-15,17-18,23-24,26-27,30,33,38-39,42-48,51-54H,3-13,16,19-22,25,28-29,31-32,34-37H2,1-2H3,(H,58,59)(H2,55,56,57)/b17-14-,18-15-,26-23-,27-24-,33-30+/t38-,39-,42?,43?,44?,45?,46-,47+/m1/s1. The summed E-state index contributed by atoms with van der Waals surface area (Å²) in [6, 6.07) is 0. The van der Waals surface area contributed by atoms with E-state index in [0.717, 1.165) is 38.5 Å². The van der Waals surface area contributed by atoms with Gasteiger partial charge in [0.2, 0.25) is 0 Å². The topological polar surface area (TPSA) is 276 Å². The van der Waals surface area contributed by atoms with Crippen LogP contribution in [0.4, 0.5) is 0 Å². The first-order chi connectivity index (χ1) is 31.5. The zero-order valence-corrected chi connectivity index (χ0v) is 41.0. The molecule has 66 heavy (non-hydrogen) atoms. The van der Waals surface area contributed by atoms with Gasteiger partial charge in [-0.05, 0) is 44.9 Å². The number of hydrogen-bond acceptors (Lipinski definition) is 14. The Labute approximate surface area is 392 Å². The third kappa shape index (κ3) is 31.7. The Balaban J connectivity index is 2.64. The molecule has 0 bridgehead atoms. The van der Waals surface area contributed by atoms with Gasteiger partial charge in [0, 0.05) is 12.8 Å². The molecule has 0 aliphatic heterocycles. The van der Waals surface area contributed by atoms with Crippen molar-refractivity contribution in [1.29, 1.82) is 0 Å². The fraction of sp³-hybridized carbons (Fsp3) is 0.745. The lowest BCUT2D eigenvalue weighted by atomic mass is 9.85. The van der Waals surface area contributed by atoms with E-state index in [1.54, 1.807) is 6.08 Å². The predicted octanol–water partition coefficient (Wildman–Crippen LogP) is 8.03. The second-order valence-corrected chi connectivity index (χ2v) is 19.3. The molecule has 1 rings (SSSR count). The second-order valence-electron chi connectivity index (χ2n) is 16.7. The van der Waals surface area contributed by atoms with Crippen molar-refractivity contribution in [3.05, 3.63) is 60.8 Å². The van der Waals surface area contributed by atoms with Gasteiger partial charge in [0.05, 0.1) is 12.7 Å². The molecule has 8 N–H and O–H groups in total. The first-order valence-electron chi connectivity index (χ1n) is 23.9. The van der Waals surface area contributed by atoms with E-state index in [1.807, 2.05) is 49.5 Å². The minimum Gasteiger partial charge on any atom is -0.462 e. The van der Waals surface area contributed by atoms with Gasteiger partial charge in [-0.25, -0.2) is 9.13 Å². The summed E-state index contributed by atoms with van der Waals surface area (Å²) in [7, 11) is -10.7. The summed E-state index contributed by atoms with van der Waals surface area (Å²) in [6.45, 7) is 2.73. The van der Waals surface area contributed by atoms with Crippen LogP contribution >= 0.6 is 15.6 Å². The second kappa shape index (κ2) is 37.5. The van der Waals surface area contributed by atoms with Crippen LogP contribution in [0.3, 0.4) is 0 Å². The lowest BCUT2D eigenvalue weighted by Gasteiger charge is -2.43. The molecular weight excluding hydrogens is 898 g/mol. The van der Waals surface area contributed by atoms with E-state index in [2.05, 4.69) is 23.6 Å². The highest BCUT2D eigenvalue weighted by Gasteiger charge is 2.54. The number of rotatable bonds is 39. The van der Waals surface area contributed by atoms with Gasteiger partial charge in [-0.3, -0.25) is 23.2 Å². The molecule has 5 unspecified atom stereocenters. The van der Waals surface area contributed by atoms with Crippen LogP contribution < -0.4 is 0 Å². The Bertz CT molecular complexity index is 1530. The Morgan fingerprint density at radius 2 is 1.05 bits per heavy atom. The van der Waals surface area contributed by atoms with E-state index in [0.29, 0.717) is 32.1 Å². The SMILES string of the molecule is CCCCCCCCCCCCCCCCCC(=O)OC[C@H](COP(=O)(O)O[C@H]1C(O)C(O)C(O)[C@@H](OP(=O)(O)O)C1O)OC(=O)CCC/C=C\C/C=C\C/C=C\C/C=C\C=C\[C@H](O)CC. The highest BCUT2D eigenvalue weighted by atomic mass is 31.2. The van der Waals surface area contributed by atoms with Gasteiger partial charge in [0.1, 0.15) is 43.2 Å². The van der Waals surface area contributed by atoms with Crippen molar-refractivity contribution < 1.29 is 82.0 Å². The third-order valence-electron chi connectivity index (χ3n) is 10.8. The summed E-state index contributed by atoms with van der Waals surface area (Å²) < 4.78 is 49.3. The number of phosphoric acid groups is 2. The molecule has 1 aliphatic rings. The monoisotopic (exact) mass is 981 g/mol. The molecule has 0 saturated heterocycles. The third-order valence-corrected chi connectivity index (χ3v) is 12.3. The van der Waals surface area contributed by atoms with Crippen molar-refractivity contribution in [1.82, 2.24) is 0 Å².